The Kier molecular flexibility index (Phi) is 5.25. The van der Waals surface area contributed by atoms with Crippen molar-refractivity contribution in [3.63, 3.8) is 0 Å². The molecule has 0 bridgehead atoms. The van der Waals surface area contributed by atoms with E-state index in [0.717, 1.165) is 4.68 Å². The molecule has 33 heavy (non-hydrogen) atoms. The molecular weight excluding hydrogens is 441 g/mol. The highest BCUT2D eigenvalue weighted by molar-refractivity contribution is 6.00. The third-order valence-corrected chi connectivity index (χ3v) is 5.40. The van der Waals surface area contributed by atoms with Crippen LogP contribution in [0.3, 0.4) is 0 Å². The summed E-state index contributed by atoms with van der Waals surface area (Å²) >= 11 is 0. The molecular formula is C21H19F3N6O3. The fraction of sp³-hybridized carbons (Fsp3) is 0.333. The van der Waals surface area contributed by atoms with Crippen LogP contribution in [0.25, 0.3) is 27.7 Å². The van der Waals surface area contributed by atoms with Gasteiger partial charge >= 0.3 is 6.18 Å². The average molecular weight is 460 g/mol. The van der Waals surface area contributed by atoms with Crippen molar-refractivity contribution in [1.82, 2.24) is 29.3 Å². The van der Waals surface area contributed by atoms with Crippen LogP contribution >= 0.6 is 0 Å². The van der Waals surface area contributed by atoms with Crippen molar-refractivity contribution in [1.29, 1.82) is 0 Å². The minimum Gasteiger partial charge on any atom is -0.389 e. The van der Waals surface area contributed by atoms with Crippen LogP contribution in [0.2, 0.25) is 0 Å². The van der Waals surface area contributed by atoms with Gasteiger partial charge in [-0.15, -0.1) is 0 Å². The van der Waals surface area contributed by atoms with Crippen molar-refractivity contribution in [3.05, 3.63) is 48.5 Å². The third kappa shape index (κ3) is 4.14. The van der Waals surface area contributed by atoms with Gasteiger partial charge in [-0.05, 0) is 18.2 Å². The number of alkyl halides is 3. The standard InChI is InChI=1S/C21H19F3N6O3/c22-21(23,24)12-30-18-7-16(20(32)28-5-6-33-11-13(31)10-28)25-8-14(18)19(27-30)15-9-26-29-4-2-1-3-17(15)29/h1-4,7-9,13,31H,5-6,10-12H2. The number of aliphatic hydroxyl groups is 1. The van der Waals surface area contributed by atoms with Gasteiger partial charge in [0.15, 0.2) is 0 Å². The molecule has 9 nitrogen and oxygen atoms in total. The van der Waals surface area contributed by atoms with E-state index in [1.807, 2.05) is 0 Å². The van der Waals surface area contributed by atoms with Crippen LogP contribution in [0.5, 0.6) is 0 Å². The lowest BCUT2D eigenvalue weighted by molar-refractivity contribution is -0.141. The van der Waals surface area contributed by atoms with Crippen LogP contribution in [0.4, 0.5) is 13.2 Å². The molecule has 1 atom stereocenters. The summed E-state index contributed by atoms with van der Waals surface area (Å²) in [5, 5.41) is 18.7. The van der Waals surface area contributed by atoms with Crippen LogP contribution < -0.4 is 0 Å². The average Bonchev–Trinajstić information content (AvgIpc) is 3.27. The van der Waals surface area contributed by atoms with Crippen LogP contribution in [-0.4, -0.2) is 78.9 Å². The SMILES string of the molecule is O=C(c1cc2c(cn1)c(-c1cnn3ccccc13)nn2CC(F)(F)F)N1CCOCC(O)C1. The minimum absolute atomic E-state index is 0.0358. The van der Waals surface area contributed by atoms with E-state index in [9.17, 15) is 23.1 Å². The Morgan fingerprint density at radius 1 is 1.24 bits per heavy atom. The van der Waals surface area contributed by atoms with E-state index in [1.54, 1.807) is 28.9 Å². The zero-order chi connectivity index (χ0) is 23.2. The maximum Gasteiger partial charge on any atom is 0.408 e. The van der Waals surface area contributed by atoms with E-state index in [2.05, 4.69) is 15.2 Å². The molecule has 1 amide bonds. The largest absolute Gasteiger partial charge is 0.408 e. The molecule has 1 aliphatic rings. The number of carbonyl (C=O) groups excluding carboxylic acids is 1. The summed E-state index contributed by atoms with van der Waals surface area (Å²) in [4.78, 5) is 18.6. The Hall–Kier alpha value is -3.51. The maximum absolute atomic E-state index is 13.3. The lowest BCUT2D eigenvalue weighted by Crippen LogP contribution is -2.38. The lowest BCUT2D eigenvalue weighted by Gasteiger charge is -2.20. The molecule has 4 aromatic rings. The van der Waals surface area contributed by atoms with Crippen molar-refractivity contribution < 1.29 is 27.8 Å². The van der Waals surface area contributed by atoms with E-state index < -0.39 is 24.7 Å². The van der Waals surface area contributed by atoms with E-state index in [-0.39, 0.29) is 37.5 Å². The number of halogens is 3. The van der Waals surface area contributed by atoms with Gasteiger partial charge in [0, 0.05) is 36.4 Å². The molecule has 12 heteroatoms. The topological polar surface area (TPSA) is 97.8 Å². The molecule has 5 heterocycles. The second-order valence-corrected chi connectivity index (χ2v) is 7.78. The summed E-state index contributed by atoms with van der Waals surface area (Å²) in [6.45, 7) is -0.677. The van der Waals surface area contributed by atoms with Gasteiger partial charge in [0.05, 0.1) is 36.5 Å². The molecule has 0 aliphatic carbocycles. The Balaban J connectivity index is 1.61. The molecule has 0 spiro atoms. The summed E-state index contributed by atoms with van der Waals surface area (Å²) in [5.74, 6) is -0.501. The number of pyridine rings is 2. The Morgan fingerprint density at radius 2 is 2.09 bits per heavy atom. The molecule has 5 rings (SSSR count). The van der Waals surface area contributed by atoms with E-state index in [0.29, 0.717) is 22.2 Å². The van der Waals surface area contributed by atoms with Crippen molar-refractivity contribution in [2.45, 2.75) is 18.8 Å². The normalized spacial score (nSPS) is 17.6. The van der Waals surface area contributed by atoms with Gasteiger partial charge in [0.25, 0.3) is 5.91 Å². The molecule has 4 aromatic heterocycles. The minimum atomic E-state index is -4.52. The molecule has 0 radical (unpaired) electrons. The number of fused-ring (bicyclic) bond motifs is 2. The highest BCUT2D eigenvalue weighted by atomic mass is 19.4. The van der Waals surface area contributed by atoms with Crippen LogP contribution in [-0.2, 0) is 11.3 Å². The summed E-state index contributed by atoms with van der Waals surface area (Å²) in [7, 11) is 0. The van der Waals surface area contributed by atoms with Gasteiger partial charge in [-0.2, -0.15) is 23.4 Å². The van der Waals surface area contributed by atoms with Gasteiger partial charge in [-0.25, -0.2) is 4.52 Å². The first-order chi connectivity index (χ1) is 15.8. The zero-order valence-corrected chi connectivity index (χ0v) is 17.2. The molecule has 1 unspecified atom stereocenters. The van der Waals surface area contributed by atoms with Gasteiger partial charge in [-0.3, -0.25) is 14.5 Å². The molecule has 0 saturated carbocycles. The van der Waals surface area contributed by atoms with Crippen molar-refractivity contribution in [2.24, 2.45) is 0 Å². The number of hydrogen-bond donors (Lipinski definition) is 1. The molecule has 172 valence electrons. The molecule has 1 aliphatic heterocycles. The number of nitrogens with zero attached hydrogens (tertiary/aromatic N) is 6. The molecule has 1 fully saturated rings. The number of amides is 1. The van der Waals surface area contributed by atoms with Crippen LogP contribution in [0, 0.1) is 0 Å². The van der Waals surface area contributed by atoms with Crippen molar-refractivity contribution >= 4 is 22.3 Å². The predicted molar refractivity (Wildman–Crippen MR) is 110 cm³/mol. The van der Waals surface area contributed by atoms with Crippen molar-refractivity contribution in [3.8, 4) is 11.3 Å². The van der Waals surface area contributed by atoms with Gasteiger partial charge in [-0.1, -0.05) is 6.07 Å². The van der Waals surface area contributed by atoms with Crippen LogP contribution in [0.1, 0.15) is 10.5 Å². The Morgan fingerprint density at radius 3 is 2.91 bits per heavy atom. The smallest absolute Gasteiger partial charge is 0.389 e. The second kappa shape index (κ2) is 8.12. The van der Waals surface area contributed by atoms with Crippen LogP contribution in [0.15, 0.2) is 42.9 Å². The number of hydrogen-bond acceptors (Lipinski definition) is 6. The van der Waals surface area contributed by atoms with Gasteiger partial charge < -0.3 is 14.7 Å². The number of aliphatic hydroxyl groups excluding tert-OH is 1. The first kappa shape index (κ1) is 21.3. The molecule has 1 N–H and O–H groups in total. The first-order valence-corrected chi connectivity index (χ1v) is 10.2. The predicted octanol–water partition coefficient (Wildman–Crippen LogP) is 2.14. The highest BCUT2D eigenvalue weighted by Crippen LogP contribution is 2.32. The summed E-state index contributed by atoms with van der Waals surface area (Å²) in [5.41, 5.74) is 1.61. The quantitative estimate of drug-likeness (QED) is 0.503. The fourth-order valence-electron chi connectivity index (χ4n) is 3.93. The second-order valence-electron chi connectivity index (χ2n) is 7.78. The van der Waals surface area contributed by atoms with E-state index in [4.69, 9.17) is 4.74 Å². The Bertz CT molecular complexity index is 1330. The Labute approximate surface area is 185 Å². The van der Waals surface area contributed by atoms with Gasteiger partial charge in [0.2, 0.25) is 0 Å². The number of rotatable bonds is 3. The summed E-state index contributed by atoms with van der Waals surface area (Å²) in [6, 6.07) is 6.68. The van der Waals surface area contributed by atoms with E-state index >= 15 is 0 Å². The number of ether oxygens (including phenoxy) is 1. The highest BCUT2D eigenvalue weighted by Gasteiger charge is 2.31. The zero-order valence-electron chi connectivity index (χ0n) is 17.2. The summed E-state index contributed by atoms with van der Waals surface area (Å²) < 4.78 is 47.6. The monoisotopic (exact) mass is 460 g/mol. The lowest BCUT2D eigenvalue weighted by atomic mass is 10.1. The third-order valence-electron chi connectivity index (χ3n) is 5.40. The number of aromatic nitrogens is 5. The number of carbonyl (C=O) groups is 1. The van der Waals surface area contributed by atoms with Gasteiger partial charge in [0.1, 0.15) is 17.9 Å². The summed E-state index contributed by atoms with van der Waals surface area (Å²) in [6.07, 6.45) is -0.751. The maximum atomic E-state index is 13.3. The fourth-order valence-corrected chi connectivity index (χ4v) is 3.93. The molecule has 0 aromatic carbocycles. The van der Waals surface area contributed by atoms with E-state index in [1.165, 1.54) is 23.4 Å². The number of β-amino-alcohol motifs (C(OH)–C–C–N with tert-alkyl or cyclic N) is 1. The van der Waals surface area contributed by atoms with Crippen molar-refractivity contribution in [2.75, 3.05) is 26.3 Å². The first-order valence-electron chi connectivity index (χ1n) is 10.2. The molecule has 1 saturated heterocycles.